The second-order valence-electron chi connectivity index (χ2n) is 8.76. The molecule has 178 valence electrons. The van der Waals surface area contributed by atoms with E-state index in [9.17, 15) is 27.1 Å². The Morgan fingerprint density at radius 1 is 1.25 bits per heavy atom. The Morgan fingerprint density at radius 2 is 2.00 bits per heavy atom. The average molecular weight is 475 g/mol. The number of carbonyl (C=O) groups is 1. The molecule has 1 aromatic rings. The van der Waals surface area contributed by atoms with Gasteiger partial charge in [0.1, 0.15) is 5.82 Å². The second kappa shape index (κ2) is 9.58. The molecular weight excluding hydrogens is 446 g/mol. The van der Waals surface area contributed by atoms with Gasteiger partial charge in [-0.2, -0.15) is 0 Å². The molecule has 1 amide bonds. The first-order chi connectivity index (χ1) is 15.3. The minimum Gasteiger partial charge on any atom is -0.465 e. The highest BCUT2D eigenvalue weighted by molar-refractivity contribution is 7.89. The van der Waals surface area contributed by atoms with Gasteiger partial charge in [-0.3, -0.25) is 4.90 Å². The Labute approximate surface area is 185 Å². The highest BCUT2D eigenvalue weighted by Crippen LogP contribution is 2.38. The van der Waals surface area contributed by atoms with Crippen LogP contribution in [0.2, 0.25) is 0 Å². The minimum atomic E-state index is -4.19. The fraction of sp³-hybridized carbons (Fsp3) is 0.667. The van der Waals surface area contributed by atoms with Crippen LogP contribution in [0.25, 0.3) is 0 Å². The molecule has 2 saturated heterocycles. The van der Waals surface area contributed by atoms with Crippen molar-refractivity contribution < 1.29 is 36.6 Å². The fourth-order valence-corrected chi connectivity index (χ4v) is 6.13. The summed E-state index contributed by atoms with van der Waals surface area (Å²) in [5, 5.41) is 9.76. The Morgan fingerprint density at radius 3 is 2.66 bits per heavy atom. The number of nitrogens with one attached hydrogen (secondary N) is 1. The van der Waals surface area contributed by atoms with Crippen molar-refractivity contribution in [1.82, 2.24) is 9.62 Å². The second-order valence-corrected chi connectivity index (χ2v) is 10.4. The Hall–Kier alpha value is -1.82. The number of fused-ring (bicyclic) bond motifs is 1. The van der Waals surface area contributed by atoms with Crippen LogP contribution in [0, 0.1) is 11.7 Å². The molecule has 11 heteroatoms. The molecular formula is C21H28F2N2O6S. The van der Waals surface area contributed by atoms with Gasteiger partial charge in [0.2, 0.25) is 16.0 Å². The predicted octanol–water partition coefficient (Wildman–Crippen LogP) is 2.46. The van der Waals surface area contributed by atoms with Crippen LogP contribution in [0.3, 0.4) is 0 Å². The lowest BCUT2D eigenvalue weighted by Gasteiger charge is -2.33. The van der Waals surface area contributed by atoms with E-state index in [-0.39, 0.29) is 37.7 Å². The molecule has 0 bridgehead atoms. The van der Waals surface area contributed by atoms with Crippen molar-refractivity contribution in [2.75, 3.05) is 25.8 Å². The van der Waals surface area contributed by atoms with Crippen molar-refractivity contribution >= 4 is 16.1 Å². The normalized spacial score (nSPS) is 32.8. The van der Waals surface area contributed by atoms with Crippen LogP contribution in [0.1, 0.15) is 37.2 Å². The summed E-state index contributed by atoms with van der Waals surface area (Å²) in [6.45, 7) is 0.372. The van der Waals surface area contributed by atoms with Crippen LogP contribution in [0.5, 0.6) is 0 Å². The van der Waals surface area contributed by atoms with Crippen LogP contribution in [0.4, 0.5) is 13.6 Å². The van der Waals surface area contributed by atoms with E-state index in [1.807, 2.05) is 6.07 Å². The molecule has 0 spiro atoms. The van der Waals surface area contributed by atoms with Gasteiger partial charge in [-0.15, -0.1) is 0 Å². The number of hydrogen-bond acceptors (Lipinski definition) is 5. The summed E-state index contributed by atoms with van der Waals surface area (Å²) < 4.78 is 64.0. The standard InChI is InChI=1S/C21H28F2N2O6S/c22-12-32(28,29)24-20-17-9-30-10-18(17)25(21(26)27)19(20)11-31-16-6-4-13(5-7-16)14-2-1-3-15(23)8-14/h1-3,8,13,16-20,24H,4-7,9-12H2,(H,26,27)/t13?,16?,17-,18+,19-,20-/m0/s1. The van der Waals surface area contributed by atoms with Crippen molar-refractivity contribution in [3.05, 3.63) is 35.6 Å². The van der Waals surface area contributed by atoms with Gasteiger partial charge in [0.05, 0.1) is 44.1 Å². The minimum absolute atomic E-state index is 0.00801. The van der Waals surface area contributed by atoms with Gasteiger partial charge in [0.25, 0.3) is 0 Å². The molecule has 2 heterocycles. The first-order valence-corrected chi connectivity index (χ1v) is 12.5. The topological polar surface area (TPSA) is 105 Å². The van der Waals surface area contributed by atoms with E-state index in [1.54, 1.807) is 12.1 Å². The van der Waals surface area contributed by atoms with Crippen molar-refractivity contribution in [3.63, 3.8) is 0 Å². The summed E-state index contributed by atoms with van der Waals surface area (Å²) in [6, 6.07) is 2.92. The zero-order chi connectivity index (χ0) is 22.9. The number of ether oxygens (including phenoxy) is 2. The quantitative estimate of drug-likeness (QED) is 0.629. The highest BCUT2D eigenvalue weighted by Gasteiger charge is 2.55. The van der Waals surface area contributed by atoms with Gasteiger partial charge in [-0.1, -0.05) is 12.1 Å². The number of hydrogen-bond donors (Lipinski definition) is 2. The van der Waals surface area contributed by atoms with E-state index in [2.05, 4.69) is 4.72 Å². The van der Waals surface area contributed by atoms with Crippen LogP contribution in [0.15, 0.2) is 24.3 Å². The fourth-order valence-electron chi connectivity index (χ4n) is 5.32. The molecule has 4 rings (SSSR count). The summed E-state index contributed by atoms with van der Waals surface area (Å²) in [5.74, 6) is -0.412. The third kappa shape index (κ3) is 4.90. The molecule has 3 fully saturated rings. The molecule has 0 unspecified atom stereocenters. The van der Waals surface area contributed by atoms with Crippen molar-refractivity contribution in [1.29, 1.82) is 0 Å². The maximum Gasteiger partial charge on any atom is 0.408 e. The lowest BCUT2D eigenvalue weighted by molar-refractivity contribution is -0.0120. The third-order valence-corrected chi connectivity index (χ3v) is 7.78. The monoisotopic (exact) mass is 474 g/mol. The molecule has 32 heavy (non-hydrogen) atoms. The number of benzene rings is 1. The van der Waals surface area contributed by atoms with E-state index in [0.29, 0.717) is 0 Å². The van der Waals surface area contributed by atoms with Crippen molar-refractivity contribution in [2.24, 2.45) is 5.92 Å². The van der Waals surface area contributed by atoms with Crippen LogP contribution >= 0.6 is 0 Å². The number of likely N-dealkylation sites (tertiary alicyclic amines) is 1. The summed E-state index contributed by atoms with van der Waals surface area (Å²) >= 11 is 0. The summed E-state index contributed by atoms with van der Waals surface area (Å²) in [7, 11) is -4.19. The molecule has 3 aliphatic rings. The SMILES string of the molecule is O=C(O)N1[C@@H]2COC[C@@H]2[C@H](NS(=O)(=O)CF)[C@@H]1COC1CCC(c2cccc(F)c2)CC1. The van der Waals surface area contributed by atoms with E-state index in [1.165, 1.54) is 11.0 Å². The van der Waals surface area contributed by atoms with Crippen LogP contribution < -0.4 is 4.72 Å². The van der Waals surface area contributed by atoms with Crippen LogP contribution in [-0.2, 0) is 19.5 Å². The molecule has 1 saturated carbocycles. The molecule has 0 aromatic heterocycles. The number of carboxylic acid groups (broad SMARTS) is 1. The molecule has 0 radical (unpaired) electrons. The maximum atomic E-state index is 13.5. The lowest BCUT2D eigenvalue weighted by atomic mass is 9.82. The van der Waals surface area contributed by atoms with Gasteiger partial charge >= 0.3 is 6.09 Å². The van der Waals surface area contributed by atoms with E-state index in [4.69, 9.17) is 9.47 Å². The Kier molecular flexibility index (Phi) is 6.99. The van der Waals surface area contributed by atoms with Gasteiger partial charge in [-0.05, 0) is 49.3 Å². The Balaban J connectivity index is 1.40. The van der Waals surface area contributed by atoms with Gasteiger partial charge < -0.3 is 14.6 Å². The van der Waals surface area contributed by atoms with E-state index in [0.717, 1.165) is 31.2 Å². The number of nitrogens with zero attached hydrogens (tertiary/aromatic N) is 1. The summed E-state index contributed by atoms with van der Waals surface area (Å²) in [4.78, 5) is 13.1. The average Bonchev–Trinajstić information content (AvgIpc) is 3.34. The Bertz CT molecular complexity index is 925. The summed E-state index contributed by atoms with van der Waals surface area (Å²) in [6.07, 6.45) is 1.81. The number of rotatable bonds is 7. The smallest absolute Gasteiger partial charge is 0.408 e. The molecule has 1 aliphatic carbocycles. The summed E-state index contributed by atoms with van der Waals surface area (Å²) in [5.41, 5.74) is 0.963. The lowest BCUT2D eigenvalue weighted by Crippen LogP contribution is -2.52. The molecule has 4 atom stereocenters. The van der Waals surface area contributed by atoms with Gasteiger partial charge in [-0.25, -0.2) is 26.7 Å². The van der Waals surface area contributed by atoms with Gasteiger partial charge in [0.15, 0.2) is 0 Å². The zero-order valence-corrected chi connectivity index (χ0v) is 18.3. The largest absolute Gasteiger partial charge is 0.465 e. The third-order valence-electron chi connectivity index (χ3n) is 6.86. The molecule has 2 N–H and O–H groups in total. The van der Waals surface area contributed by atoms with E-state index < -0.39 is 46.2 Å². The van der Waals surface area contributed by atoms with Crippen molar-refractivity contribution in [2.45, 2.75) is 55.8 Å². The number of halogens is 2. The van der Waals surface area contributed by atoms with Crippen LogP contribution in [-0.4, -0.2) is 74.6 Å². The number of alkyl halides is 1. The first-order valence-electron chi connectivity index (χ1n) is 10.8. The van der Waals surface area contributed by atoms with Crippen molar-refractivity contribution in [3.8, 4) is 0 Å². The first kappa shape index (κ1) is 23.3. The number of amides is 1. The molecule has 2 aliphatic heterocycles. The number of sulfonamides is 1. The molecule has 1 aromatic carbocycles. The zero-order valence-electron chi connectivity index (χ0n) is 17.5. The van der Waals surface area contributed by atoms with Gasteiger partial charge in [0, 0.05) is 5.92 Å². The molecule has 8 nitrogen and oxygen atoms in total. The van der Waals surface area contributed by atoms with E-state index >= 15 is 0 Å². The maximum absolute atomic E-state index is 13.5. The predicted molar refractivity (Wildman–Crippen MR) is 111 cm³/mol. The highest BCUT2D eigenvalue weighted by atomic mass is 32.2.